The largest absolute Gasteiger partial charge is 0.462 e. The topological polar surface area (TPSA) is 81.5 Å². The van der Waals surface area contributed by atoms with E-state index in [-0.39, 0.29) is 24.3 Å². The highest BCUT2D eigenvalue weighted by Gasteiger charge is 2.26. The van der Waals surface area contributed by atoms with Crippen LogP contribution >= 0.6 is 0 Å². The van der Waals surface area contributed by atoms with Crippen LogP contribution in [0.2, 0.25) is 0 Å². The molecule has 0 aromatic carbocycles. The monoisotopic (exact) mass is 287 g/mol. The van der Waals surface area contributed by atoms with Gasteiger partial charge in [-0.05, 0) is 6.92 Å². The zero-order valence-electron chi connectivity index (χ0n) is 11.2. The highest BCUT2D eigenvalue weighted by molar-refractivity contribution is 7.87. The molecule has 8 heteroatoms. The van der Waals surface area contributed by atoms with E-state index in [1.807, 2.05) is 0 Å². The summed E-state index contributed by atoms with van der Waals surface area (Å²) in [4.78, 5) is 11.7. The Hall–Kier alpha value is -1.67. The smallest absolute Gasteiger partial charge is 0.341 e. The first kappa shape index (κ1) is 15.4. The van der Waals surface area contributed by atoms with E-state index in [0.29, 0.717) is 0 Å². The third-order valence-corrected chi connectivity index (χ3v) is 4.02. The number of hydrogen-bond acceptors (Lipinski definition) is 5. The summed E-state index contributed by atoms with van der Waals surface area (Å²) in [6.07, 6.45) is 2.89. The fourth-order valence-corrected chi connectivity index (χ4v) is 2.34. The van der Waals surface area contributed by atoms with Crippen molar-refractivity contribution in [2.75, 3.05) is 20.7 Å². The minimum Gasteiger partial charge on any atom is -0.462 e. The Bertz CT molecular complexity index is 575. The van der Waals surface area contributed by atoms with Gasteiger partial charge in [-0.3, -0.25) is 0 Å². The molecule has 1 aromatic rings. The van der Waals surface area contributed by atoms with E-state index in [1.165, 1.54) is 26.4 Å². The van der Waals surface area contributed by atoms with Gasteiger partial charge in [0.25, 0.3) is 0 Å². The number of ether oxygens (including phenoxy) is 1. The third kappa shape index (κ3) is 3.02. The summed E-state index contributed by atoms with van der Waals surface area (Å²) in [6.45, 7) is 5.43. The van der Waals surface area contributed by atoms with Crippen molar-refractivity contribution in [1.29, 1.82) is 0 Å². The fourth-order valence-electron chi connectivity index (χ4n) is 1.42. The molecule has 19 heavy (non-hydrogen) atoms. The average Bonchev–Trinajstić information content (AvgIpc) is 2.74. The zero-order chi connectivity index (χ0) is 14.6. The first-order valence-electron chi connectivity index (χ1n) is 5.64. The number of nitrogens with zero attached hydrogens (tertiary/aromatic N) is 3. The molecule has 0 aliphatic carbocycles. The molecule has 0 saturated heterocycles. The summed E-state index contributed by atoms with van der Waals surface area (Å²) in [5.74, 6) is -0.598. The van der Waals surface area contributed by atoms with Crippen LogP contribution in [0, 0.1) is 0 Å². The van der Waals surface area contributed by atoms with Gasteiger partial charge in [-0.15, -0.1) is 10.7 Å². The maximum atomic E-state index is 12.1. The van der Waals surface area contributed by atoms with Gasteiger partial charge >= 0.3 is 16.2 Å². The van der Waals surface area contributed by atoms with Crippen molar-refractivity contribution in [2.45, 2.75) is 13.3 Å². The highest BCUT2D eigenvalue weighted by atomic mass is 32.2. The minimum absolute atomic E-state index is 0.132. The molecule has 1 rings (SSSR count). The molecule has 0 fully saturated rings. The fraction of sp³-hybridized carbons (Fsp3) is 0.455. The quantitative estimate of drug-likeness (QED) is 0.560. The van der Waals surface area contributed by atoms with Crippen LogP contribution in [-0.2, 0) is 21.4 Å². The van der Waals surface area contributed by atoms with Crippen molar-refractivity contribution < 1.29 is 17.9 Å². The van der Waals surface area contributed by atoms with Crippen molar-refractivity contribution in [3.05, 3.63) is 30.1 Å². The molecule has 1 aromatic heterocycles. The second-order valence-corrected chi connectivity index (χ2v) is 5.82. The first-order valence-corrected chi connectivity index (χ1v) is 7.03. The van der Waals surface area contributed by atoms with Crippen LogP contribution in [0.3, 0.4) is 0 Å². The van der Waals surface area contributed by atoms with E-state index in [0.717, 1.165) is 8.39 Å². The molecule has 0 bridgehead atoms. The molecule has 0 unspecified atom stereocenters. The van der Waals surface area contributed by atoms with Crippen LogP contribution in [0.4, 0.5) is 0 Å². The van der Waals surface area contributed by atoms with Crippen molar-refractivity contribution in [1.82, 2.24) is 13.5 Å². The number of allylic oxidation sites excluding steroid dienone is 1. The molecular weight excluding hydrogens is 270 g/mol. The van der Waals surface area contributed by atoms with Gasteiger partial charge in [0.05, 0.1) is 18.5 Å². The Morgan fingerprint density at radius 3 is 2.68 bits per heavy atom. The summed E-state index contributed by atoms with van der Waals surface area (Å²) in [6, 6.07) is 0. The van der Waals surface area contributed by atoms with E-state index < -0.39 is 16.2 Å². The predicted molar refractivity (Wildman–Crippen MR) is 70.1 cm³/mol. The summed E-state index contributed by atoms with van der Waals surface area (Å²) >= 11 is 0. The van der Waals surface area contributed by atoms with Gasteiger partial charge in [0.15, 0.2) is 0 Å². The molecule has 0 radical (unpaired) electrons. The van der Waals surface area contributed by atoms with Gasteiger partial charge in [-0.1, -0.05) is 6.08 Å². The Labute approximate surface area is 112 Å². The number of hydrogen-bond donors (Lipinski definition) is 0. The normalized spacial score (nSPS) is 11.6. The summed E-state index contributed by atoms with van der Waals surface area (Å²) in [7, 11) is -0.999. The average molecular weight is 287 g/mol. The molecule has 0 saturated carbocycles. The standard InChI is InChI=1S/C11H17N3O4S/c1-5-7-10-9(11(15)18-6-2)8-12-14(10)19(16,17)13(3)4/h5,8H,1,6-7H2,2-4H3. The van der Waals surface area contributed by atoms with Gasteiger partial charge in [-0.2, -0.15) is 17.8 Å². The van der Waals surface area contributed by atoms with E-state index in [1.54, 1.807) is 6.92 Å². The van der Waals surface area contributed by atoms with Gasteiger partial charge in [0.1, 0.15) is 5.56 Å². The van der Waals surface area contributed by atoms with Crippen molar-refractivity contribution in [2.24, 2.45) is 0 Å². The number of esters is 1. The molecule has 7 nitrogen and oxygen atoms in total. The van der Waals surface area contributed by atoms with E-state index in [2.05, 4.69) is 11.7 Å². The molecular formula is C11H17N3O4S. The SMILES string of the molecule is C=CCc1c(C(=O)OCC)cnn1S(=O)(=O)N(C)C. The van der Waals surface area contributed by atoms with Gasteiger partial charge in [0.2, 0.25) is 0 Å². The van der Waals surface area contributed by atoms with Gasteiger partial charge < -0.3 is 4.74 Å². The lowest BCUT2D eigenvalue weighted by Gasteiger charge is -2.13. The molecule has 0 atom stereocenters. The molecule has 0 aliphatic rings. The van der Waals surface area contributed by atoms with E-state index in [9.17, 15) is 13.2 Å². The van der Waals surface area contributed by atoms with E-state index >= 15 is 0 Å². The lowest BCUT2D eigenvalue weighted by molar-refractivity contribution is 0.0525. The van der Waals surface area contributed by atoms with Crippen LogP contribution in [0.1, 0.15) is 23.0 Å². The lowest BCUT2D eigenvalue weighted by atomic mass is 10.2. The summed E-state index contributed by atoms with van der Waals surface area (Å²) in [5.41, 5.74) is 0.370. The third-order valence-electron chi connectivity index (χ3n) is 2.35. The van der Waals surface area contributed by atoms with Gasteiger partial charge in [-0.25, -0.2) is 4.79 Å². The van der Waals surface area contributed by atoms with E-state index in [4.69, 9.17) is 4.74 Å². The van der Waals surface area contributed by atoms with Crippen LogP contribution in [0.15, 0.2) is 18.9 Å². The Morgan fingerprint density at radius 1 is 1.58 bits per heavy atom. The molecule has 0 amide bonds. The molecule has 1 heterocycles. The zero-order valence-corrected chi connectivity index (χ0v) is 12.0. The number of carbonyl (C=O) groups is 1. The number of carbonyl (C=O) groups excluding carboxylic acids is 1. The molecule has 0 spiro atoms. The lowest BCUT2D eigenvalue weighted by Crippen LogP contribution is -2.31. The first-order chi connectivity index (χ1) is 8.86. The van der Waals surface area contributed by atoms with Crippen LogP contribution < -0.4 is 0 Å². The second kappa shape index (κ2) is 5.98. The van der Waals surface area contributed by atoms with Crippen LogP contribution in [0.25, 0.3) is 0 Å². The minimum atomic E-state index is -3.77. The number of aromatic nitrogens is 2. The Morgan fingerprint density at radius 2 is 2.21 bits per heavy atom. The molecule has 106 valence electrons. The summed E-state index contributed by atoms with van der Waals surface area (Å²) in [5, 5.41) is 3.77. The Balaban J connectivity index is 3.36. The Kier molecular flexibility index (Phi) is 4.84. The highest BCUT2D eigenvalue weighted by Crippen LogP contribution is 2.15. The molecule has 0 aliphatic heterocycles. The van der Waals surface area contributed by atoms with Crippen molar-refractivity contribution >= 4 is 16.2 Å². The van der Waals surface area contributed by atoms with Crippen molar-refractivity contribution in [3.8, 4) is 0 Å². The predicted octanol–water partition coefficient (Wildman–Crippen LogP) is 0.443. The number of rotatable bonds is 6. The summed E-state index contributed by atoms with van der Waals surface area (Å²) < 4.78 is 30.8. The van der Waals surface area contributed by atoms with Crippen molar-refractivity contribution in [3.63, 3.8) is 0 Å². The van der Waals surface area contributed by atoms with Gasteiger partial charge in [0, 0.05) is 20.5 Å². The maximum absolute atomic E-state index is 12.1. The molecule has 0 N–H and O–H groups in total. The maximum Gasteiger partial charge on any atom is 0.341 e. The van der Waals surface area contributed by atoms with Crippen LogP contribution in [0.5, 0.6) is 0 Å². The second-order valence-electron chi connectivity index (χ2n) is 3.85. The van der Waals surface area contributed by atoms with Crippen LogP contribution in [-0.4, -0.2) is 48.6 Å².